The molecule has 0 aromatic heterocycles. The van der Waals surface area contributed by atoms with Crippen molar-refractivity contribution in [2.75, 3.05) is 12.5 Å². The van der Waals surface area contributed by atoms with Gasteiger partial charge in [-0.05, 0) is 30.3 Å². The minimum atomic E-state index is -0.613. The second-order valence-corrected chi connectivity index (χ2v) is 5.42. The van der Waals surface area contributed by atoms with Gasteiger partial charge in [0.1, 0.15) is 11.6 Å². The minimum Gasteiger partial charge on any atom is -0.496 e. The third-order valence-electron chi connectivity index (χ3n) is 2.71. The predicted octanol–water partition coefficient (Wildman–Crippen LogP) is 4.55. The molecule has 22 heavy (non-hydrogen) atoms. The van der Waals surface area contributed by atoms with E-state index in [2.05, 4.69) is 10.9 Å². The summed E-state index contributed by atoms with van der Waals surface area (Å²) in [6.07, 6.45) is 0. The molecule has 0 radical (unpaired) electrons. The van der Waals surface area contributed by atoms with Gasteiger partial charge in [-0.2, -0.15) is 0 Å². The lowest BCUT2D eigenvalue weighted by atomic mass is 10.2. The van der Waals surface area contributed by atoms with Crippen molar-refractivity contribution >= 4 is 46.4 Å². The van der Waals surface area contributed by atoms with E-state index in [4.69, 9.17) is 39.5 Å². The summed E-state index contributed by atoms with van der Waals surface area (Å²) in [5.74, 6) is -0.944. The summed E-state index contributed by atoms with van der Waals surface area (Å²) in [5.41, 5.74) is 5.25. The zero-order valence-corrected chi connectivity index (χ0v) is 13.5. The molecular formula is C14H10Cl3FN2O2. The molecule has 2 aromatic carbocycles. The maximum Gasteiger partial charge on any atom is 0.273 e. The molecule has 8 heteroatoms. The van der Waals surface area contributed by atoms with Gasteiger partial charge in [-0.1, -0.05) is 34.8 Å². The molecule has 0 atom stereocenters. The average molecular weight is 364 g/mol. The molecule has 4 nitrogen and oxygen atoms in total. The number of methoxy groups -OCH3 is 1. The van der Waals surface area contributed by atoms with Crippen LogP contribution in [0.2, 0.25) is 15.1 Å². The number of amides is 1. The van der Waals surface area contributed by atoms with Gasteiger partial charge in [-0.3, -0.25) is 15.6 Å². The van der Waals surface area contributed by atoms with Gasteiger partial charge in [-0.15, -0.1) is 0 Å². The van der Waals surface area contributed by atoms with Crippen LogP contribution in [-0.4, -0.2) is 13.0 Å². The average Bonchev–Trinajstić information content (AvgIpc) is 2.45. The van der Waals surface area contributed by atoms with Gasteiger partial charge in [-0.25, -0.2) is 4.39 Å². The standard InChI is InChI=1S/C14H10Cl3FN2O2/c1-22-12-3-2-8(18)6-9(12)14(21)20-19-13-10(16)4-7(15)5-11(13)17/h2-6,19H,1H3,(H,20,21). The molecule has 0 saturated heterocycles. The Morgan fingerprint density at radius 2 is 1.77 bits per heavy atom. The SMILES string of the molecule is COc1ccc(F)cc1C(=O)NNc1c(Cl)cc(Cl)cc1Cl. The highest BCUT2D eigenvalue weighted by Gasteiger charge is 2.15. The molecule has 0 unspecified atom stereocenters. The van der Waals surface area contributed by atoms with Crippen LogP contribution in [0.15, 0.2) is 30.3 Å². The first kappa shape index (κ1) is 16.7. The monoisotopic (exact) mass is 362 g/mol. The molecule has 0 heterocycles. The third kappa shape index (κ3) is 3.74. The lowest BCUT2D eigenvalue weighted by molar-refractivity contribution is 0.0959. The van der Waals surface area contributed by atoms with Crippen LogP contribution in [0.5, 0.6) is 5.75 Å². The molecule has 0 aliphatic rings. The van der Waals surface area contributed by atoms with Crippen molar-refractivity contribution in [3.8, 4) is 5.75 Å². The highest BCUT2D eigenvalue weighted by molar-refractivity contribution is 6.41. The Hall–Kier alpha value is -1.69. The number of ether oxygens (including phenoxy) is 1. The Balaban J connectivity index is 2.19. The van der Waals surface area contributed by atoms with Crippen molar-refractivity contribution in [1.29, 1.82) is 0 Å². The molecule has 2 rings (SSSR count). The number of hydrogen-bond acceptors (Lipinski definition) is 3. The normalized spacial score (nSPS) is 10.2. The molecule has 0 saturated carbocycles. The second kappa shape index (κ2) is 7.05. The lowest BCUT2D eigenvalue weighted by Crippen LogP contribution is -2.30. The van der Waals surface area contributed by atoms with Gasteiger partial charge >= 0.3 is 0 Å². The van der Waals surface area contributed by atoms with Crippen LogP contribution >= 0.6 is 34.8 Å². The molecule has 0 aliphatic carbocycles. The molecule has 116 valence electrons. The van der Waals surface area contributed by atoms with Crippen LogP contribution in [-0.2, 0) is 0 Å². The number of carbonyl (C=O) groups excluding carboxylic acids is 1. The first-order valence-corrected chi connectivity index (χ1v) is 7.10. The minimum absolute atomic E-state index is 0.0243. The number of benzene rings is 2. The first-order chi connectivity index (χ1) is 10.4. The van der Waals surface area contributed by atoms with Crippen LogP contribution in [0.25, 0.3) is 0 Å². The summed E-state index contributed by atoms with van der Waals surface area (Å²) in [6.45, 7) is 0. The van der Waals surface area contributed by atoms with E-state index in [0.29, 0.717) is 5.02 Å². The summed E-state index contributed by atoms with van der Waals surface area (Å²) in [4.78, 5) is 12.1. The van der Waals surface area contributed by atoms with E-state index in [0.717, 1.165) is 6.07 Å². The Kier molecular flexibility index (Phi) is 5.34. The van der Waals surface area contributed by atoms with E-state index in [9.17, 15) is 9.18 Å². The summed E-state index contributed by atoms with van der Waals surface area (Å²) in [5, 5.41) is 0.812. The summed E-state index contributed by atoms with van der Waals surface area (Å²) < 4.78 is 18.3. The molecule has 0 spiro atoms. The fraction of sp³-hybridized carbons (Fsp3) is 0.0714. The highest BCUT2D eigenvalue weighted by Crippen LogP contribution is 2.33. The summed E-state index contributed by atoms with van der Waals surface area (Å²) in [6, 6.07) is 6.53. The maximum atomic E-state index is 13.3. The largest absolute Gasteiger partial charge is 0.496 e. The molecular weight excluding hydrogens is 354 g/mol. The smallest absolute Gasteiger partial charge is 0.273 e. The number of nitrogens with one attached hydrogen (secondary N) is 2. The highest BCUT2D eigenvalue weighted by atomic mass is 35.5. The van der Waals surface area contributed by atoms with Gasteiger partial charge < -0.3 is 4.74 Å². The van der Waals surface area contributed by atoms with Gasteiger partial charge in [0.25, 0.3) is 5.91 Å². The van der Waals surface area contributed by atoms with Gasteiger partial charge in [0.2, 0.25) is 0 Å². The van der Waals surface area contributed by atoms with Crippen molar-refractivity contribution in [1.82, 2.24) is 5.43 Å². The third-order valence-corrected chi connectivity index (χ3v) is 3.53. The van der Waals surface area contributed by atoms with Gasteiger partial charge in [0, 0.05) is 5.02 Å². The van der Waals surface area contributed by atoms with Crippen LogP contribution in [0.1, 0.15) is 10.4 Å². The second-order valence-electron chi connectivity index (χ2n) is 4.17. The van der Waals surface area contributed by atoms with Crippen molar-refractivity contribution in [3.05, 3.63) is 56.8 Å². The number of carbonyl (C=O) groups is 1. The lowest BCUT2D eigenvalue weighted by Gasteiger charge is -2.13. The topological polar surface area (TPSA) is 50.4 Å². The first-order valence-electron chi connectivity index (χ1n) is 5.97. The van der Waals surface area contributed by atoms with E-state index < -0.39 is 11.7 Å². The van der Waals surface area contributed by atoms with E-state index in [-0.39, 0.29) is 27.0 Å². The fourth-order valence-electron chi connectivity index (χ4n) is 1.71. The van der Waals surface area contributed by atoms with Gasteiger partial charge in [0.15, 0.2) is 0 Å². The summed E-state index contributed by atoms with van der Waals surface area (Å²) in [7, 11) is 1.38. The number of hydrazine groups is 1. The van der Waals surface area contributed by atoms with Crippen LogP contribution in [0.3, 0.4) is 0 Å². The van der Waals surface area contributed by atoms with E-state index in [1.807, 2.05) is 0 Å². The Morgan fingerprint density at radius 1 is 1.14 bits per heavy atom. The molecule has 0 bridgehead atoms. The van der Waals surface area contributed by atoms with E-state index in [1.54, 1.807) is 0 Å². The molecule has 1 amide bonds. The fourth-order valence-corrected chi connectivity index (χ4v) is 2.62. The quantitative estimate of drug-likeness (QED) is 0.784. The number of anilines is 1. The number of halogens is 4. The van der Waals surface area contributed by atoms with E-state index >= 15 is 0 Å². The van der Waals surface area contributed by atoms with Crippen molar-refractivity contribution < 1.29 is 13.9 Å². The number of rotatable bonds is 4. The molecule has 0 fully saturated rings. The molecule has 2 N–H and O–H groups in total. The molecule has 0 aliphatic heterocycles. The zero-order valence-electron chi connectivity index (χ0n) is 11.2. The Labute approximate surface area is 141 Å². The van der Waals surface area contributed by atoms with E-state index in [1.165, 1.54) is 31.4 Å². The Bertz CT molecular complexity index is 702. The van der Waals surface area contributed by atoms with Crippen molar-refractivity contribution in [3.63, 3.8) is 0 Å². The molecule has 2 aromatic rings. The van der Waals surface area contributed by atoms with Crippen LogP contribution < -0.4 is 15.6 Å². The van der Waals surface area contributed by atoms with Crippen LogP contribution in [0.4, 0.5) is 10.1 Å². The van der Waals surface area contributed by atoms with Crippen molar-refractivity contribution in [2.45, 2.75) is 0 Å². The zero-order chi connectivity index (χ0) is 16.3. The Morgan fingerprint density at radius 3 is 2.36 bits per heavy atom. The van der Waals surface area contributed by atoms with Crippen LogP contribution in [0, 0.1) is 5.82 Å². The predicted molar refractivity (Wildman–Crippen MR) is 85.5 cm³/mol. The van der Waals surface area contributed by atoms with Crippen molar-refractivity contribution in [2.24, 2.45) is 0 Å². The van der Waals surface area contributed by atoms with Gasteiger partial charge in [0.05, 0.1) is 28.4 Å². The summed E-state index contributed by atoms with van der Waals surface area (Å²) >= 11 is 17.8. The number of hydrogen-bond donors (Lipinski definition) is 2. The maximum absolute atomic E-state index is 13.3.